The predicted molar refractivity (Wildman–Crippen MR) is 60.2 cm³/mol. The summed E-state index contributed by atoms with van der Waals surface area (Å²) in [5, 5.41) is 0. The molecule has 6 heteroatoms. The molecule has 0 aliphatic carbocycles. The van der Waals surface area contributed by atoms with Crippen molar-refractivity contribution >= 4 is 28.1 Å². The van der Waals surface area contributed by atoms with Crippen LogP contribution in [0.15, 0.2) is 30.3 Å². The van der Waals surface area contributed by atoms with Crippen molar-refractivity contribution in [1.29, 1.82) is 0 Å². The van der Waals surface area contributed by atoms with Crippen molar-refractivity contribution in [3.05, 3.63) is 30.3 Å². The summed E-state index contributed by atoms with van der Waals surface area (Å²) in [6, 6.07) is 8.73. The average Bonchev–Trinajstić information content (AvgIpc) is 2.04. The first-order chi connectivity index (χ1) is 6.14. The molecule has 1 rings (SSSR count). The predicted octanol–water partition coefficient (Wildman–Crippen LogP) is 0.809. The molecule has 0 spiro atoms. The molecular formula is C8H13ClN2O2S. The molecule has 0 aliphatic heterocycles. The molecule has 0 unspecified atom stereocenters. The normalized spacial score (nSPS) is 10.4. The molecule has 0 atom stereocenters. The first-order valence-electron chi connectivity index (χ1n) is 3.90. The van der Waals surface area contributed by atoms with Crippen molar-refractivity contribution in [3.8, 4) is 0 Å². The van der Waals surface area contributed by atoms with Crippen molar-refractivity contribution in [3.63, 3.8) is 0 Å². The quantitative estimate of drug-likeness (QED) is 0.813. The van der Waals surface area contributed by atoms with Crippen LogP contribution in [0.5, 0.6) is 0 Å². The molecule has 0 aromatic heterocycles. The van der Waals surface area contributed by atoms with Gasteiger partial charge in [-0.25, -0.2) is 8.42 Å². The van der Waals surface area contributed by atoms with Crippen LogP contribution in [-0.4, -0.2) is 20.7 Å². The minimum atomic E-state index is -3.26. The molecule has 0 heterocycles. The minimum absolute atomic E-state index is 0. The van der Waals surface area contributed by atoms with Gasteiger partial charge in [-0.3, -0.25) is 4.72 Å². The third-order valence-electron chi connectivity index (χ3n) is 1.43. The highest BCUT2D eigenvalue weighted by atomic mass is 35.5. The van der Waals surface area contributed by atoms with Gasteiger partial charge in [-0.1, -0.05) is 18.2 Å². The first-order valence-corrected chi connectivity index (χ1v) is 5.55. The Balaban J connectivity index is 0.00000169. The molecule has 1 aromatic carbocycles. The number of hydrogen-bond acceptors (Lipinski definition) is 3. The fourth-order valence-corrected chi connectivity index (χ4v) is 1.80. The smallest absolute Gasteiger partial charge is 0.233 e. The molecule has 0 aliphatic rings. The van der Waals surface area contributed by atoms with Crippen molar-refractivity contribution in [2.24, 2.45) is 5.73 Å². The summed E-state index contributed by atoms with van der Waals surface area (Å²) in [6.45, 7) is 0.127. The van der Waals surface area contributed by atoms with Crippen LogP contribution >= 0.6 is 12.4 Å². The van der Waals surface area contributed by atoms with Crippen LogP contribution < -0.4 is 10.5 Å². The molecule has 1 aromatic rings. The highest BCUT2D eigenvalue weighted by Gasteiger charge is 2.07. The zero-order chi connectivity index (χ0) is 9.73. The van der Waals surface area contributed by atoms with Gasteiger partial charge in [0.2, 0.25) is 10.0 Å². The second kappa shape index (κ2) is 5.85. The number of halogens is 1. The van der Waals surface area contributed by atoms with E-state index in [-0.39, 0.29) is 24.7 Å². The van der Waals surface area contributed by atoms with Gasteiger partial charge in [0.1, 0.15) is 0 Å². The number of rotatable bonds is 4. The van der Waals surface area contributed by atoms with E-state index >= 15 is 0 Å². The van der Waals surface area contributed by atoms with Crippen molar-refractivity contribution in [2.75, 3.05) is 17.0 Å². The van der Waals surface area contributed by atoms with E-state index in [1.165, 1.54) is 0 Å². The third-order valence-corrected chi connectivity index (χ3v) is 2.75. The van der Waals surface area contributed by atoms with Crippen LogP contribution in [0.2, 0.25) is 0 Å². The highest BCUT2D eigenvalue weighted by molar-refractivity contribution is 7.92. The van der Waals surface area contributed by atoms with Crippen LogP contribution in [0.25, 0.3) is 0 Å². The molecule has 3 N–H and O–H groups in total. The van der Waals surface area contributed by atoms with Gasteiger partial charge < -0.3 is 5.73 Å². The van der Waals surface area contributed by atoms with Crippen LogP contribution in [0.3, 0.4) is 0 Å². The summed E-state index contributed by atoms with van der Waals surface area (Å²) in [5.41, 5.74) is 5.71. The maximum atomic E-state index is 11.2. The van der Waals surface area contributed by atoms with E-state index in [0.29, 0.717) is 5.69 Å². The van der Waals surface area contributed by atoms with Crippen LogP contribution in [0, 0.1) is 0 Å². The Morgan fingerprint density at radius 1 is 1.21 bits per heavy atom. The molecule has 4 nitrogen and oxygen atoms in total. The van der Waals surface area contributed by atoms with Gasteiger partial charge in [-0.2, -0.15) is 0 Å². The SMILES string of the molecule is Cl.NCCS(=O)(=O)Nc1ccccc1. The minimum Gasteiger partial charge on any atom is -0.329 e. The van der Waals surface area contributed by atoms with Gasteiger partial charge in [0.05, 0.1) is 5.75 Å². The summed E-state index contributed by atoms with van der Waals surface area (Å²) in [7, 11) is -3.26. The number of hydrogen-bond donors (Lipinski definition) is 2. The lowest BCUT2D eigenvalue weighted by molar-refractivity contribution is 0.601. The molecule has 0 radical (unpaired) electrons. The highest BCUT2D eigenvalue weighted by Crippen LogP contribution is 2.07. The van der Waals surface area contributed by atoms with E-state index in [2.05, 4.69) is 4.72 Å². The fourth-order valence-electron chi connectivity index (χ4n) is 0.892. The lowest BCUT2D eigenvalue weighted by Crippen LogP contribution is -2.22. The molecule has 80 valence electrons. The third kappa shape index (κ3) is 4.45. The van der Waals surface area contributed by atoms with E-state index in [4.69, 9.17) is 5.73 Å². The Bertz CT molecular complexity index is 353. The van der Waals surface area contributed by atoms with Crippen molar-refractivity contribution < 1.29 is 8.42 Å². The summed E-state index contributed by atoms with van der Waals surface area (Å²) < 4.78 is 24.8. The molecule has 0 saturated heterocycles. The topological polar surface area (TPSA) is 72.2 Å². The van der Waals surface area contributed by atoms with Crippen LogP contribution in [0.4, 0.5) is 5.69 Å². The van der Waals surface area contributed by atoms with Crippen LogP contribution in [0.1, 0.15) is 0 Å². The van der Waals surface area contributed by atoms with Gasteiger partial charge in [0, 0.05) is 12.2 Å². The number of benzene rings is 1. The summed E-state index contributed by atoms with van der Waals surface area (Å²) >= 11 is 0. The van der Waals surface area contributed by atoms with Gasteiger partial charge in [-0.15, -0.1) is 12.4 Å². The zero-order valence-electron chi connectivity index (χ0n) is 7.51. The molecule has 14 heavy (non-hydrogen) atoms. The van der Waals surface area contributed by atoms with E-state index in [1.807, 2.05) is 6.07 Å². The molecular weight excluding hydrogens is 224 g/mol. The lowest BCUT2D eigenvalue weighted by Gasteiger charge is -2.05. The summed E-state index contributed by atoms with van der Waals surface area (Å²) in [6.07, 6.45) is 0. The second-order valence-electron chi connectivity index (χ2n) is 2.58. The summed E-state index contributed by atoms with van der Waals surface area (Å²) in [5.74, 6) is -0.0537. The van der Waals surface area contributed by atoms with Gasteiger partial charge in [0.15, 0.2) is 0 Å². The summed E-state index contributed by atoms with van der Waals surface area (Å²) in [4.78, 5) is 0. The molecule has 0 amide bonds. The Kier molecular flexibility index (Phi) is 5.52. The largest absolute Gasteiger partial charge is 0.329 e. The Morgan fingerprint density at radius 3 is 2.29 bits per heavy atom. The maximum absolute atomic E-state index is 11.2. The number of nitrogens with one attached hydrogen (secondary N) is 1. The number of para-hydroxylation sites is 1. The zero-order valence-corrected chi connectivity index (χ0v) is 9.14. The van der Waals surface area contributed by atoms with Gasteiger partial charge in [-0.05, 0) is 12.1 Å². The van der Waals surface area contributed by atoms with E-state index < -0.39 is 10.0 Å². The molecule has 0 bridgehead atoms. The van der Waals surface area contributed by atoms with E-state index in [1.54, 1.807) is 24.3 Å². The van der Waals surface area contributed by atoms with Crippen molar-refractivity contribution in [1.82, 2.24) is 0 Å². The standard InChI is InChI=1S/C8H12N2O2S.ClH/c9-6-7-13(11,12)10-8-4-2-1-3-5-8;/h1-5,10H,6-7,9H2;1H. The maximum Gasteiger partial charge on any atom is 0.233 e. The van der Waals surface area contributed by atoms with E-state index in [0.717, 1.165) is 0 Å². The average molecular weight is 237 g/mol. The van der Waals surface area contributed by atoms with E-state index in [9.17, 15) is 8.42 Å². The molecule has 0 fully saturated rings. The number of nitrogens with two attached hydrogens (primary N) is 1. The van der Waals surface area contributed by atoms with Crippen LogP contribution in [-0.2, 0) is 10.0 Å². The monoisotopic (exact) mass is 236 g/mol. The molecule has 0 saturated carbocycles. The van der Waals surface area contributed by atoms with Gasteiger partial charge in [0.25, 0.3) is 0 Å². The Labute approximate surface area is 90.0 Å². The Hall–Kier alpha value is -0.780. The Morgan fingerprint density at radius 2 is 1.79 bits per heavy atom. The lowest BCUT2D eigenvalue weighted by atomic mass is 10.3. The fraction of sp³-hybridized carbons (Fsp3) is 0.250. The van der Waals surface area contributed by atoms with Crippen molar-refractivity contribution in [2.45, 2.75) is 0 Å². The first kappa shape index (κ1) is 13.2. The van der Waals surface area contributed by atoms with Gasteiger partial charge >= 0.3 is 0 Å². The second-order valence-corrected chi connectivity index (χ2v) is 4.42. The number of sulfonamides is 1. The number of anilines is 1.